The Morgan fingerprint density at radius 2 is 2.00 bits per heavy atom. The Kier molecular flexibility index (Phi) is 5.58. The first-order chi connectivity index (χ1) is 8.90. The molecule has 0 saturated carbocycles. The largest absolute Gasteiger partial charge is 0.463 e. The fourth-order valence-electron chi connectivity index (χ4n) is 1.20. The van der Waals surface area contributed by atoms with E-state index in [4.69, 9.17) is 10.5 Å². The molecule has 1 heterocycles. The zero-order valence-corrected chi connectivity index (χ0v) is 10.5. The van der Waals surface area contributed by atoms with Crippen molar-refractivity contribution in [3.63, 3.8) is 0 Å². The summed E-state index contributed by atoms with van der Waals surface area (Å²) < 4.78 is 41.0. The van der Waals surface area contributed by atoms with Gasteiger partial charge in [-0.25, -0.2) is 0 Å². The summed E-state index contributed by atoms with van der Waals surface area (Å²) in [4.78, 5) is 11.4. The molecule has 1 rings (SSSR count). The maximum Gasteiger partial charge on any atom is 0.389 e. The van der Waals surface area contributed by atoms with Crippen molar-refractivity contribution in [2.24, 2.45) is 0 Å². The van der Waals surface area contributed by atoms with Crippen LogP contribution in [0.5, 0.6) is 6.01 Å². The third-order valence-electron chi connectivity index (χ3n) is 1.99. The van der Waals surface area contributed by atoms with Crippen LogP contribution >= 0.6 is 0 Å². The zero-order valence-electron chi connectivity index (χ0n) is 10.5. The lowest BCUT2D eigenvalue weighted by atomic mass is 10.3. The summed E-state index contributed by atoms with van der Waals surface area (Å²) in [6.45, 7) is 2.44. The smallest absolute Gasteiger partial charge is 0.389 e. The van der Waals surface area contributed by atoms with Gasteiger partial charge in [0.15, 0.2) is 0 Å². The van der Waals surface area contributed by atoms with Crippen LogP contribution < -0.4 is 15.8 Å². The molecule has 0 saturated heterocycles. The van der Waals surface area contributed by atoms with Crippen LogP contribution in [0.3, 0.4) is 0 Å². The number of nitrogens with two attached hydrogens (primary N) is 1. The second-order valence-corrected chi connectivity index (χ2v) is 3.79. The number of nitrogens with zero attached hydrogens (tertiary/aromatic N) is 3. The van der Waals surface area contributed by atoms with Gasteiger partial charge in [-0.1, -0.05) is 6.92 Å². The zero-order chi connectivity index (χ0) is 14.3. The molecule has 0 spiro atoms. The van der Waals surface area contributed by atoms with Gasteiger partial charge in [0.2, 0.25) is 11.9 Å². The lowest BCUT2D eigenvalue weighted by molar-refractivity contribution is -0.134. The van der Waals surface area contributed by atoms with Crippen molar-refractivity contribution in [3.8, 4) is 6.01 Å². The summed E-state index contributed by atoms with van der Waals surface area (Å²) in [5.74, 6) is 0.0696. The standard InChI is InChI=1S/C10H16F3N5O/c1-2-6-19-9-17-7(14)16-8(18-9)15-5-3-4-10(11,12)13/h2-6H2,1H3,(H3,14,15,16,17,18). The molecule has 0 fully saturated rings. The Morgan fingerprint density at radius 3 is 2.63 bits per heavy atom. The number of alkyl halides is 3. The monoisotopic (exact) mass is 279 g/mol. The van der Waals surface area contributed by atoms with Crippen molar-refractivity contribution in [2.75, 3.05) is 24.2 Å². The Morgan fingerprint density at radius 1 is 1.26 bits per heavy atom. The molecule has 0 aliphatic heterocycles. The van der Waals surface area contributed by atoms with E-state index in [1.807, 2.05) is 6.92 Å². The molecular weight excluding hydrogens is 263 g/mol. The van der Waals surface area contributed by atoms with Crippen molar-refractivity contribution in [1.29, 1.82) is 0 Å². The molecule has 6 nitrogen and oxygen atoms in total. The fourth-order valence-corrected chi connectivity index (χ4v) is 1.20. The number of nitrogen functional groups attached to an aromatic ring is 1. The molecule has 0 radical (unpaired) electrons. The Hall–Kier alpha value is -1.80. The van der Waals surface area contributed by atoms with Crippen LogP contribution in [0.2, 0.25) is 0 Å². The second-order valence-electron chi connectivity index (χ2n) is 3.79. The summed E-state index contributed by atoms with van der Waals surface area (Å²) in [7, 11) is 0. The quantitative estimate of drug-likeness (QED) is 0.742. The van der Waals surface area contributed by atoms with Crippen molar-refractivity contribution < 1.29 is 17.9 Å². The van der Waals surface area contributed by atoms with E-state index in [9.17, 15) is 13.2 Å². The summed E-state index contributed by atoms with van der Waals surface area (Å²) in [6, 6.07) is 0.0627. The summed E-state index contributed by atoms with van der Waals surface area (Å²) in [5.41, 5.74) is 5.44. The molecule has 0 aliphatic rings. The second kappa shape index (κ2) is 6.95. The van der Waals surface area contributed by atoms with Gasteiger partial charge in [-0.2, -0.15) is 28.1 Å². The van der Waals surface area contributed by atoms with E-state index in [1.54, 1.807) is 0 Å². The van der Waals surface area contributed by atoms with Crippen LogP contribution in [-0.4, -0.2) is 34.3 Å². The number of hydrogen-bond acceptors (Lipinski definition) is 6. The molecular formula is C10H16F3N5O. The van der Waals surface area contributed by atoms with E-state index >= 15 is 0 Å². The fraction of sp³-hybridized carbons (Fsp3) is 0.700. The minimum absolute atomic E-state index is 0.0422. The van der Waals surface area contributed by atoms with Gasteiger partial charge in [0.05, 0.1) is 6.61 Å². The molecule has 0 unspecified atom stereocenters. The normalized spacial score (nSPS) is 11.4. The summed E-state index contributed by atoms with van der Waals surface area (Å²) in [5, 5.41) is 2.65. The van der Waals surface area contributed by atoms with Crippen molar-refractivity contribution in [1.82, 2.24) is 15.0 Å². The van der Waals surface area contributed by atoms with Crippen LogP contribution in [0.4, 0.5) is 25.1 Å². The number of hydrogen-bond donors (Lipinski definition) is 2. The Labute approximate surface area is 108 Å². The highest BCUT2D eigenvalue weighted by Gasteiger charge is 2.25. The highest BCUT2D eigenvalue weighted by atomic mass is 19.4. The molecule has 0 aromatic carbocycles. The first kappa shape index (κ1) is 15.3. The molecule has 0 atom stereocenters. The molecule has 0 bridgehead atoms. The molecule has 108 valence electrons. The lowest BCUT2D eigenvalue weighted by Gasteiger charge is -2.08. The Balaban J connectivity index is 2.46. The predicted molar refractivity (Wildman–Crippen MR) is 63.8 cm³/mol. The number of anilines is 2. The third kappa shape index (κ3) is 6.63. The number of nitrogens with one attached hydrogen (secondary N) is 1. The van der Waals surface area contributed by atoms with E-state index < -0.39 is 12.6 Å². The van der Waals surface area contributed by atoms with Crippen LogP contribution in [0.15, 0.2) is 0 Å². The molecule has 3 N–H and O–H groups in total. The Bertz CT molecular complexity index is 399. The maximum atomic E-state index is 11.9. The van der Waals surface area contributed by atoms with E-state index in [2.05, 4.69) is 20.3 Å². The highest BCUT2D eigenvalue weighted by molar-refractivity contribution is 5.32. The van der Waals surface area contributed by atoms with Crippen LogP contribution in [0, 0.1) is 0 Å². The number of ether oxygens (including phenoxy) is 1. The van der Waals surface area contributed by atoms with Gasteiger partial charge in [0.1, 0.15) is 0 Å². The first-order valence-electron chi connectivity index (χ1n) is 5.85. The van der Waals surface area contributed by atoms with Crippen LogP contribution in [0.25, 0.3) is 0 Å². The number of aromatic nitrogens is 3. The molecule has 0 amide bonds. The van der Waals surface area contributed by atoms with Gasteiger partial charge in [0, 0.05) is 13.0 Å². The van der Waals surface area contributed by atoms with Crippen LogP contribution in [0.1, 0.15) is 26.2 Å². The van der Waals surface area contributed by atoms with Gasteiger partial charge < -0.3 is 15.8 Å². The predicted octanol–water partition coefficient (Wildman–Crippen LogP) is 2.00. The van der Waals surface area contributed by atoms with Gasteiger partial charge in [-0.3, -0.25) is 0 Å². The van der Waals surface area contributed by atoms with Gasteiger partial charge >= 0.3 is 12.2 Å². The topological polar surface area (TPSA) is 86.0 Å². The van der Waals surface area contributed by atoms with Gasteiger partial charge in [-0.05, 0) is 12.8 Å². The number of rotatable bonds is 7. The van der Waals surface area contributed by atoms with Crippen LogP contribution in [-0.2, 0) is 0 Å². The minimum atomic E-state index is -4.16. The van der Waals surface area contributed by atoms with E-state index in [0.29, 0.717) is 6.61 Å². The maximum absolute atomic E-state index is 11.9. The third-order valence-corrected chi connectivity index (χ3v) is 1.99. The van der Waals surface area contributed by atoms with Gasteiger partial charge in [-0.15, -0.1) is 0 Å². The number of halogens is 3. The van der Waals surface area contributed by atoms with Crippen molar-refractivity contribution >= 4 is 11.9 Å². The van der Waals surface area contributed by atoms with E-state index in [-0.39, 0.29) is 30.9 Å². The van der Waals surface area contributed by atoms with Gasteiger partial charge in [0.25, 0.3) is 0 Å². The SMILES string of the molecule is CCCOc1nc(N)nc(NCCCC(F)(F)F)n1. The van der Waals surface area contributed by atoms with Crippen molar-refractivity contribution in [3.05, 3.63) is 0 Å². The molecule has 9 heteroatoms. The van der Waals surface area contributed by atoms with Crippen molar-refractivity contribution in [2.45, 2.75) is 32.4 Å². The average molecular weight is 279 g/mol. The lowest BCUT2D eigenvalue weighted by Crippen LogP contribution is -2.13. The average Bonchev–Trinajstić information content (AvgIpc) is 2.30. The summed E-state index contributed by atoms with van der Waals surface area (Å²) in [6.07, 6.45) is -4.31. The molecule has 1 aromatic rings. The highest BCUT2D eigenvalue weighted by Crippen LogP contribution is 2.21. The molecule has 1 aromatic heterocycles. The van der Waals surface area contributed by atoms with E-state index in [1.165, 1.54) is 0 Å². The molecule has 19 heavy (non-hydrogen) atoms. The molecule has 0 aliphatic carbocycles. The minimum Gasteiger partial charge on any atom is -0.463 e. The van der Waals surface area contributed by atoms with E-state index in [0.717, 1.165) is 6.42 Å². The summed E-state index contributed by atoms with van der Waals surface area (Å²) >= 11 is 0. The first-order valence-corrected chi connectivity index (χ1v) is 5.85.